The summed E-state index contributed by atoms with van der Waals surface area (Å²) >= 11 is 0. The van der Waals surface area contributed by atoms with Crippen molar-refractivity contribution in [1.29, 1.82) is 0 Å². The molecule has 1 saturated carbocycles. The molecule has 1 aliphatic carbocycles. The van der Waals surface area contributed by atoms with E-state index >= 15 is 0 Å². The topological polar surface area (TPSA) is 126 Å². The first-order chi connectivity index (χ1) is 13.0. The monoisotopic (exact) mass is 377 g/mol. The van der Waals surface area contributed by atoms with Crippen molar-refractivity contribution < 1.29 is 23.9 Å². The SMILES string of the molecule is NC(=O)[C@@H](C(=O)N(C(=O)c1ccco1)C1CCCNCC1O)C1CCCC1. The van der Waals surface area contributed by atoms with Gasteiger partial charge < -0.3 is 20.6 Å². The summed E-state index contributed by atoms with van der Waals surface area (Å²) in [4.78, 5) is 39.6. The second kappa shape index (κ2) is 8.67. The van der Waals surface area contributed by atoms with Crippen LogP contribution in [-0.2, 0) is 9.59 Å². The van der Waals surface area contributed by atoms with E-state index in [4.69, 9.17) is 10.2 Å². The molecule has 2 unspecified atom stereocenters. The smallest absolute Gasteiger partial charge is 0.296 e. The highest BCUT2D eigenvalue weighted by molar-refractivity contribution is 6.10. The second-order valence-corrected chi connectivity index (χ2v) is 7.40. The molecular weight excluding hydrogens is 350 g/mol. The number of primary amides is 1. The van der Waals surface area contributed by atoms with Crippen LogP contribution in [0, 0.1) is 11.8 Å². The highest BCUT2D eigenvalue weighted by atomic mass is 16.3. The minimum atomic E-state index is -1.06. The highest BCUT2D eigenvalue weighted by Crippen LogP contribution is 2.33. The van der Waals surface area contributed by atoms with Crippen LogP contribution >= 0.6 is 0 Å². The lowest BCUT2D eigenvalue weighted by atomic mass is 9.87. The van der Waals surface area contributed by atoms with E-state index in [1.165, 1.54) is 12.3 Å². The number of imide groups is 1. The molecule has 148 valence electrons. The number of β-amino-alcohol motifs (C(OH)–C–C–N with tert-alkyl or cyclic N) is 1. The number of hydrogen-bond acceptors (Lipinski definition) is 6. The van der Waals surface area contributed by atoms with Gasteiger partial charge in [-0.3, -0.25) is 19.3 Å². The van der Waals surface area contributed by atoms with Crippen molar-refractivity contribution in [3.63, 3.8) is 0 Å². The number of carbonyl (C=O) groups is 3. The predicted molar refractivity (Wildman–Crippen MR) is 96.4 cm³/mol. The van der Waals surface area contributed by atoms with E-state index in [9.17, 15) is 19.5 Å². The van der Waals surface area contributed by atoms with Gasteiger partial charge in [0, 0.05) is 6.54 Å². The van der Waals surface area contributed by atoms with E-state index in [-0.39, 0.29) is 18.2 Å². The molecule has 1 aromatic heterocycles. The molecule has 2 aliphatic rings. The van der Waals surface area contributed by atoms with Gasteiger partial charge in [-0.05, 0) is 50.3 Å². The number of amides is 3. The summed E-state index contributed by atoms with van der Waals surface area (Å²) in [5.74, 6) is -3.20. The molecular formula is C19H27N3O5. The molecule has 0 radical (unpaired) electrons. The first-order valence-corrected chi connectivity index (χ1v) is 9.59. The fourth-order valence-electron chi connectivity index (χ4n) is 4.25. The number of hydrogen-bond donors (Lipinski definition) is 3. The lowest BCUT2D eigenvalue weighted by Crippen LogP contribution is -2.55. The Morgan fingerprint density at radius 2 is 1.96 bits per heavy atom. The zero-order chi connectivity index (χ0) is 19.4. The Morgan fingerprint density at radius 3 is 2.59 bits per heavy atom. The van der Waals surface area contributed by atoms with Crippen molar-refractivity contribution in [3.05, 3.63) is 24.2 Å². The standard InChI is InChI=1S/C19H27N3O5/c20-17(24)16(12-5-1-2-6-12)19(26)22(18(25)15-8-4-10-27-15)13-7-3-9-21-11-14(13)23/h4,8,10,12-14,16,21,23H,1-3,5-7,9,11H2,(H2,20,24)/t13?,14?,16-/m0/s1. The van der Waals surface area contributed by atoms with Gasteiger partial charge in [0.1, 0.15) is 5.92 Å². The molecule has 1 aliphatic heterocycles. The Hall–Kier alpha value is -2.19. The summed E-state index contributed by atoms with van der Waals surface area (Å²) < 4.78 is 5.19. The molecule has 0 aromatic carbocycles. The number of aliphatic hydroxyl groups is 1. The van der Waals surface area contributed by atoms with Crippen molar-refractivity contribution in [1.82, 2.24) is 10.2 Å². The largest absolute Gasteiger partial charge is 0.459 e. The lowest BCUT2D eigenvalue weighted by molar-refractivity contribution is -0.144. The van der Waals surface area contributed by atoms with Gasteiger partial charge >= 0.3 is 0 Å². The molecule has 3 atom stereocenters. The summed E-state index contributed by atoms with van der Waals surface area (Å²) in [7, 11) is 0. The molecule has 3 amide bonds. The molecule has 0 spiro atoms. The molecule has 2 fully saturated rings. The summed E-state index contributed by atoms with van der Waals surface area (Å²) in [5.41, 5.74) is 5.57. The van der Waals surface area contributed by atoms with Crippen LogP contribution in [0.3, 0.4) is 0 Å². The fraction of sp³-hybridized carbons (Fsp3) is 0.632. The predicted octanol–water partition coefficient (Wildman–Crippen LogP) is 0.653. The third kappa shape index (κ3) is 4.22. The van der Waals surface area contributed by atoms with Crippen molar-refractivity contribution in [2.45, 2.75) is 50.7 Å². The van der Waals surface area contributed by atoms with Crippen molar-refractivity contribution in [2.75, 3.05) is 13.1 Å². The lowest BCUT2D eigenvalue weighted by Gasteiger charge is -2.34. The molecule has 0 bridgehead atoms. The van der Waals surface area contributed by atoms with Gasteiger partial charge in [0.2, 0.25) is 11.8 Å². The minimum absolute atomic E-state index is 0.00222. The molecule has 1 saturated heterocycles. The molecule has 2 heterocycles. The van der Waals surface area contributed by atoms with E-state index in [0.29, 0.717) is 19.4 Å². The zero-order valence-corrected chi connectivity index (χ0v) is 15.3. The van der Waals surface area contributed by atoms with Crippen LogP contribution in [0.25, 0.3) is 0 Å². The Morgan fingerprint density at radius 1 is 1.22 bits per heavy atom. The highest BCUT2D eigenvalue weighted by Gasteiger charge is 2.44. The van der Waals surface area contributed by atoms with Crippen LogP contribution in [-0.4, -0.2) is 53.0 Å². The Kier molecular flexibility index (Phi) is 6.28. The van der Waals surface area contributed by atoms with Gasteiger partial charge in [-0.1, -0.05) is 12.8 Å². The number of furan rings is 1. The maximum absolute atomic E-state index is 13.4. The van der Waals surface area contributed by atoms with Gasteiger partial charge in [0.25, 0.3) is 5.91 Å². The average molecular weight is 377 g/mol. The quantitative estimate of drug-likeness (QED) is 0.647. The maximum Gasteiger partial charge on any atom is 0.296 e. The van der Waals surface area contributed by atoms with Crippen LogP contribution in [0.15, 0.2) is 22.8 Å². The van der Waals surface area contributed by atoms with E-state index in [1.807, 2.05) is 0 Å². The number of nitrogens with one attached hydrogen (secondary N) is 1. The van der Waals surface area contributed by atoms with Gasteiger partial charge in [-0.15, -0.1) is 0 Å². The van der Waals surface area contributed by atoms with Crippen LogP contribution in [0.5, 0.6) is 0 Å². The Bertz CT molecular complexity index is 669. The Balaban J connectivity index is 1.95. The van der Waals surface area contributed by atoms with Gasteiger partial charge in [0.05, 0.1) is 18.4 Å². The first kappa shape index (κ1) is 19.6. The normalized spacial score (nSPS) is 24.9. The summed E-state index contributed by atoms with van der Waals surface area (Å²) in [6.07, 6.45) is 4.90. The zero-order valence-electron chi connectivity index (χ0n) is 15.3. The van der Waals surface area contributed by atoms with E-state index in [2.05, 4.69) is 5.32 Å². The minimum Gasteiger partial charge on any atom is -0.459 e. The van der Waals surface area contributed by atoms with Gasteiger partial charge in [-0.25, -0.2) is 0 Å². The third-order valence-corrected chi connectivity index (χ3v) is 5.61. The first-order valence-electron chi connectivity index (χ1n) is 9.59. The van der Waals surface area contributed by atoms with E-state index in [0.717, 1.165) is 30.6 Å². The third-order valence-electron chi connectivity index (χ3n) is 5.61. The van der Waals surface area contributed by atoms with Crippen molar-refractivity contribution in [2.24, 2.45) is 17.6 Å². The van der Waals surface area contributed by atoms with E-state index in [1.54, 1.807) is 6.07 Å². The number of aliphatic hydroxyl groups excluding tert-OH is 1. The van der Waals surface area contributed by atoms with Gasteiger partial charge in [-0.2, -0.15) is 0 Å². The molecule has 27 heavy (non-hydrogen) atoms. The maximum atomic E-state index is 13.4. The number of nitrogens with two attached hydrogens (primary N) is 1. The molecule has 8 heteroatoms. The van der Waals surface area contributed by atoms with Gasteiger partial charge in [0.15, 0.2) is 5.76 Å². The second-order valence-electron chi connectivity index (χ2n) is 7.40. The Labute approximate surface area is 158 Å². The number of carbonyl (C=O) groups excluding carboxylic acids is 3. The molecule has 1 aromatic rings. The molecule has 8 nitrogen and oxygen atoms in total. The van der Waals surface area contributed by atoms with Crippen molar-refractivity contribution >= 4 is 17.7 Å². The summed E-state index contributed by atoms with van der Waals surface area (Å²) in [5, 5.41) is 13.6. The van der Waals surface area contributed by atoms with Crippen LogP contribution in [0.1, 0.15) is 49.1 Å². The van der Waals surface area contributed by atoms with Crippen LogP contribution in [0.4, 0.5) is 0 Å². The van der Waals surface area contributed by atoms with E-state index < -0.39 is 35.8 Å². The van der Waals surface area contributed by atoms with Crippen LogP contribution < -0.4 is 11.1 Å². The molecule has 3 rings (SSSR count). The summed E-state index contributed by atoms with van der Waals surface area (Å²) in [6, 6.07) is 2.30. The molecule has 4 N–H and O–H groups in total. The summed E-state index contributed by atoms with van der Waals surface area (Å²) in [6.45, 7) is 0.955. The number of nitrogens with zero attached hydrogens (tertiary/aromatic N) is 1. The number of rotatable bonds is 5. The average Bonchev–Trinajstić information content (AvgIpc) is 3.30. The van der Waals surface area contributed by atoms with Crippen LogP contribution in [0.2, 0.25) is 0 Å². The van der Waals surface area contributed by atoms with Crippen molar-refractivity contribution in [3.8, 4) is 0 Å². The fourth-order valence-corrected chi connectivity index (χ4v) is 4.25.